The molecule has 0 bridgehead atoms. The Bertz CT molecular complexity index is 1000. The molecule has 150 valence electrons. The topological polar surface area (TPSA) is 64.8 Å². The molecule has 2 aliphatic heterocycles. The Morgan fingerprint density at radius 3 is 2.86 bits per heavy atom. The van der Waals surface area contributed by atoms with Gasteiger partial charge >= 0.3 is 0 Å². The van der Waals surface area contributed by atoms with E-state index in [9.17, 15) is 4.79 Å². The second kappa shape index (κ2) is 7.99. The number of carbonyl (C=O) groups is 1. The minimum Gasteiger partial charge on any atom is -0.490 e. The van der Waals surface area contributed by atoms with Gasteiger partial charge in [-0.05, 0) is 42.7 Å². The first-order valence-electron chi connectivity index (χ1n) is 9.95. The maximum atomic E-state index is 12.9. The standard InChI is InChI=1S/C22H22N2O4S/c25-21(14-29-22-23-16-5-1-2-7-18(16)28-22)24-10-3-6-17(24)15-8-9-19-20(13-15)27-12-4-11-26-19/h1-2,5,7-9,13,17H,3-4,6,10-12,14H2/t17-/m0/s1. The molecule has 7 heteroatoms. The van der Waals surface area contributed by atoms with Crippen LogP contribution in [0.2, 0.25) is 0 Å². The molecule has 0 saturated carbocycles. The van der Waals surface area contributed by atoms with E-state index in [2.05, 4.69) is 11.1 Å². The average molecular weight is 410 g/mol. The Morgan fingerprint density at radius 2 is 1.97 bits per heavy atom. The molecule has 1 atom stereocenters. The van der Waals surface area contributed by atoms with Crippen LogP contribution in [0.4, 0.5) is 0 Å². The summed E-state index contributed by atoms with van der Waals surface area (Å²) in [4.78, 5) is 19.3. The number of hydrogen-bond donors (Lipinski definition) is 0. The number of thioether (sulfide) groups is 1. The Labute approximate surface area is 173 Å². The quantitative estimate of drug-likeness (QED) is 0.593. The Hall–Kier alpha value is -2.67. The molecule has 3 aromatic rings. The molecule has 0 spiro atoms. The third kappa shape index (κ3) is 3.79. The van der Waals surface area contributed by atoms with E-state index in [1.54, 1.807) is 0 Å². The number of rotatable bonds is 4. The molecule has 1 fully saturated rings. The van der Waals surface area contributed by atoms with E-state index in [0.29, 0.717) is 24.2 Å². The number of benzene rings is 2. The molecule has 0 radical (unpaired) electrons. The van der Waals surface area contributed by atoms with Crippen molar-refractivity contribution in [1.82, 2.24) is 9.88 Å². The molecule has 3 heterocycles. The summed E-state index contributed by atoms with van der Waals surface area (Å²) in [6, 6.07) is 13.8. The lowest BCUT2D eigenvalue weighted by atomic mass is 10.0. The zero-order valence-corrected chi connectivity index (χ0v) is 16.8. The summed E-state index contributed by atoms with van der Waals surface area (Å²) in [5.74, 6) is 1.98. The largest absolute Gasteiger partial charge is 0.490 e. The van der Waals surface area contributed by atoms with Crippen molar-refractivity contribution in [1.29, 1.82) is 0 Å². The number of oxazole rings is 1. The number of fused-ring (bicyclic) bond motifs is 2. The van der Waals surface area contributed by atoms with Crippen molar-refractivity contribution in [2.75, 3.05) is 25.5 Å². The lowest BCUT2D eigenvalue weighted by Crippen LogP contribution is -2.32. The summed E-state index contributed by atoms with van der Waals surface area (Å²) in [5, 5.41) is 0.533. The highest BCUT2D eigenvalue weighted by atomic mass is 32.2. The minimum absolute atomic E-state index is 0.0730. The van der Waals surface area contributed by atoms with Gasteiger partial charge in [0.25, 0.3) is 5.22 Å². The number of para-hydroxylation sites is 2. The summed E-state index contributed by atoms with van der Waals surface area (Å²) in [6.07, 6.45) is 2.84. The van der Waals surface area contributed by atoms with E-state index < -0.39 is 0 Å². The van der Waals surface area contributed by atoms with Crippen LogP contribution in [-0.4, -0.2) is 41.3 Å². The monoisotopic (exact) mass is 410 g/mol. The van der Waals surface area contributed by atoms with Crippen LogP contribution in [0.3, 0.4) is 0 Å². The van der Waals surface area contributed by atoms with Gasteiger partial charge in [-0.2, -0.15) is 0 Å². The third-order valence-electron chi connectivity index (χ3n) is 5.32. The smallest absolute Gasteiger partial charge is 0.257 e. The zero-order valence-electron chi connectivity index (χ0n) is 16.0. The molecule has 6 nitrogen and oxygen atoms in total. The maximum absolute atomic E-state index is 12.9. The Kier molecular flexibility index (Phi) is 5.06. The Morgan fingerprint density at radius 1 is 1.10 bits per heavy atom. The van der Waals surface area contributed by atoms with Crippen molar-refractivity contribution >= 4 is 28.8 Å². The molecule has 2 aliphatic rings. The summed E-state index contributed by atoms with van der Waals surface area (Å²) < 4.78 is 17.3. The van der Waals surface area contributed by atoms with Gasteiger partial charge in [-0.1, -0.05) is 30.0 Å². The molecule has 2 aromatic carbocycles. The first-order valence-corrected chi connectivity index (χ1v) is 10.9. The van der Waals surface area contributed by atoms with Crippen LogP contribution >= 0.6 is 11.8 Å². The van der Waals surface area contributed by atoms with Gasteiger partial charge in [-0.15, -0.1) is 0 Å². The first-order chi connectivity index (χ1) is 14.3. The summed E-state index contributed by atoms with van der Waals surface area (Å²) in [7, 11) is 0. The molecular weight excluding hydrogens is 388 g/mol. The number of nitrogens with zero attached hydrogens (tertiary/aromatic N) is 2. The zero-order chi connectivity index (χ0) is 19.6. The van der Waals surface area contributed by atoms with Gasteiger partial charge in [0.15, 0.2) is 17.1 Å². The molecule has 1 amide bonds. The van der Waals surface area contributed by atoms with E-state index in [0.717, 1.165) is 54.0 Å². The second-order valence-electron chi connectivity index (χ2n) is 7.24. The van der Waals surface area contributed by atoms with E-state index in [1.807, 2.05) is 41.3 Å². The van der Waals surface area contributed by atoms with Crippen LogP contribution in [0.1, 0.15) is 30.9 Å². The van der Waals surface area contributed by atoms with Crippen LogP contribution in [0.25, 0.3) is 11.1 Å². The molecule has 0 aliphatic carbocycles. The second-order valence-corrected chi connectivity index (χ2v) is 8.16. The van der Waals surface area contributed by atoms with Crippen LogP contribution in [0.5, 0.6) is 11.5 Å². The number of aromatic nitrogens is 1. The minimum atomic E-state index is 0.0730. The maximum Gasteiger partial charge on any atom is 0.257 e. The molecular formula is C22H22N2O4S. The Balaban J connectivity index is 1.28. The van der Waals surface area contributed by atoms with Gasteiger partial charge in [0.1, 0.15) is 5.52 Å². The number of ether oxygens (including phenoxy) is 2. The molecule has 1 aromatic heterocycles. The van der Waals surface area contributed by atoms with Gasteiger partial charge in [0.2, 0.25) is 5.91 Å². The predicted octanol–water partition coefficient (Wildman–Crippen LogP) is 4.44. The van der Waals surface area contributed by atoms with Crippen LogP contribution in [0.15, 0.2) is 52.1 Å². The number of amides is 1. The first kappa shape index (κ1) is 18.4. The van der Waals surface area contributed by atoms with Crippen LogP contribution < -0.4 is 9.47 Å². The lowest BCUT2D eigenvalue weighted by molar-refractivity contribution is -0.129. The van der Waals surface area contributed by atoms with Gasteiger partial charge in [-0.25, -0.2) is 4.98 Å². The molecule has 0 unspecified atom stereocenters. The van der Waals surface area contributed by atoms with E-state index in [1.165, 1.54) is 11.8 Å². The number of hydrogen-bond acceptors (Lipinski definition) is 6. The highest BCUT2D eigenvalue weighted by Gasteiger charge is 2.31. The van der Waals surface area contributed by atoms with Crippen molar-refractivity contribution < 1.29 is 18.7 Å². The number of carbonyl (C=O) groups excluding carboxylic acids is 1. The van der Waals surface area contributed by atoms with Gasteiger partial charge in [0, 0.05) is 13.0 Å². The van der Waals surface area contributed by atoms with Gasteiger partial charge < -0.3 is 18.8 Å². The van der Waals surface area contributed by atoms with Gasteiger partial charge in [-0.3, -0.25) is 4.79 Å². The normalized spacial score (nSPS) is 18.8. The molecule has 0 N–H and O–H groups in total. The summed E-state index contributed by atoms with van der Waals surface area (Å²) in [5.41, 5.74) is 2.66. The van der Waals surface area contributed by atoms with Crippen molar-refractivity contribution in [3.05, 3.63) is 48.0 Å². The fraction of sp³-hybridized carbons (Fsp3) is 0.364. The van der Waals surface area contributed by atoms with E-state index in [-0.39, 0.29) is 11.9 Å². The van der Waals surface area contributed by atoms with Gasteiger partial charge in [0.05, 0.1) is 25.0 Å². The van der Waals surface area contributed by atoms with E-state index >= 15 is 0 Å². The fourth-order valence-electron chi connectivity index (χ4n) is 3.92. The molecule has 5 rings (SSSR count). The van der Waals surface area contributed by atoms with Crippen LogP contribution in [-0.2, 0) is 4.79 Å². The molecule has 1 saturated heterocycles. The fourth-order valence-corrected chi connectivity index (χ4v) is 4.64. The molecule has 29 heavy (non-hydrogen) atoms. The number of likely N-dealkylation sites (tertiary alicyclic amines) is 1. The van der Waals surface area contributed by atoms with Crippen molar-refractivity contribution in [2.45, 2.75) is 30.5 Å². The SMILES string of the molecule is O=C(CSc1nc2ccccc2o1)N1CCC[C@H]1c1ccc2c(c1)OCCCO2. The summed E-state index contributed by atoms with van der Waals surface area (Å²) in [6.45, 7) is 2.10. The van der Waals surface area contributed by atoms with Crippen molar-refractivity contribution in [3.8, 4) is 11.5 Å². The lowest BCUT2D eigenvalue weighted by Gasteiger charge is -2.25. The van der Waals surface area contributed by atoms with Crippen molar-refractivity contribution in [3.63, 3.8) is 0 Å². The third-order valence-corrected chi connectivity index (χ3v) is 6.14. The highest BCUT2D eigenvalue weighted by molar-refractivity contribution is 7.99. The predicted molar refractivity (Wildman–Crippen MR) is 110 cm³/mol. The highest BCUT2D eigenvalue weighted by Crippen LogP contribution is 2.38. The van der Waals surface area contributed by atoms with Crippen LogP contribution in [0, 0.1) is 0 Å². The average Bonchev–Trinajstić information content (AvgIpc) is 3.33. The summed E-state index contributed by atoms with van der Waals surface area (Å²) >= 11 is 1.35. The van der Waals surface area contributed by atoms with Crippen molar-refractivity contribution in [2.24, 2.45) is 0 Å². The van der Waals surface area contributed by atoms with E-state index in [4.69, 9.17) is 13.9 Å².